The van der Waals surface area contributed by atoms with E-state index in [1.165, 1.54) is 0 Å². The number of halogens is 1. The van der Waals surface area contributed by atoms with Gasteiger partial charge in [0.25, 0.3) is 5.91 Å². The fraction of sp³-hybridized carbons (Fsp3) is 0.571. The zero-order valence-corrected chi connectivity index (χ0v) is 13.6. The smallest absolute Gasteiger partial charge is 0.254 e. The monoisotopic (exact) mass is 330 g/mol. The summed E-state index contributed by atoms with van der Waals surface area (Å²) >= 11 is 5.97. The molecule has 2 heterocycles. The van der Waals surface area contributed by atoms with Crippen LogP contribution in [-0.2, 0) is 16.3 Å². The van der Waals surface area contributed by atoms with Crippen LogP contribution in [0.3, 0.4) is 0 Å². The lowest BCUT2D eigenvalue weighted by Gasteiger charge is -2.20. The number of hydrogen-bond acceptors (Lipinski definition) is 4. The zero-order valence-electron chi connectivity index (χ0n) is 12.0. The molecular formula is C14H19ClN2O3S. The summed E-state index contributed by atoms with van der Waals surface area (Å²) < 4.78 is 23.2. The lowest BCUT2D eigenvalue weighted by Crippen LogP contribution is -2.33. The normalized spacial score (nSPS) is 18.3. The van der Waals surface area contributed by atoms with E-state index in [1.807, 2.05) is 6.92 Å². The molecule has 1 aromatic rings. The second kappa shape index (κ2) is 6.75. The molecule has 0 aliphatic carbocycles. The highest BCUT2D eigenvalue weighted by molar-refractivity contribution is 7.91. The Morgan fingerprint density at radius 3 is 2.81 bits per heavy atom. The standard InChI is InChI=1S/C14H19ClN2O3S/c1-2-4-12-9-11(10-13(15)16-12)14(18)17-5-3-7-21(19,20)8-6-17/h9-10H,2-8H2,1H3. The SMILES string of the molecule is CCCc1cc(C(=O)N2CCCS(=O)(=O)CC2)cc(Cl)n1. The maximum Gasteiger partial charge on any atom is 0.254 e. The molecular weight excluding hydrogens is 312 g/mol. The van der Waals surface area contributed by atoms with Crippen molar-refractivity contribution in [1.82, 2.24) is 9.88 Å². The summed E-state index contributed by atoms with van der Waals surface area (Å²) in [5, 5.41) is 0.298. The second-order valence-corrected chi connectivity index (χ2v) is 7.91. The molecule has 21 heavy (non-hydrogen) atoms. The Kier molecular flexibility index (Phi) is 5.22. The van der Waals surface area contributed by atoms with Crippen LogP contribution < -0.4 is 0 Å². The molecule has 116 valence electrons. The Bertz CT molecular complexity index is 631. The van der Waals surface area contributed by atoms with E-state index in [0.29, 0.717) is 23.7 Å². The van der Waals surface area contributed by atoms with Gasteiger partial charge in [0.1, 0.15) is 5.15 Å². The number of pyridine rings is 1. The third kappa shape index (κ3) is 4.41. The highest BCUT2D eigenvalue weighted by atomic mass is 35.5. The first-order chi connectivity index (χ1) is 9.91. The van der Waals surface area contributed by atoms with Crippen LogP contribution in [0.25, 0.3) is 0 Å². The Morgan fingerprint density at radius 1 is 1.33 bits per heavy atom. The number of sulfone groups is 1. The molecule has 0 N–H and O–H groups in total. The van der Waals surface area contributed by atoms with Crippen LogP contribution in [0.15, 0.2) is 12.1 Å². The van der Waals surface area contributed by atoms with Gasteiger partial charge in [0.05, 0.1) is 11.5 Å². The summed E-state index contributed by atoms with van der Waals surface area (Å²) in [5.41, 5.74) is 1.27. The molecule has 1 saturated heterocycles. The molecule has 1 aliphatic rings. The number of aromatic nitrogens is 1. The number of nitrogens with zero attached hydrogens (tertiary/aromatic N) is 2. The molecule has 1 aliphatic heterocycles. The van der Waals surface area contributed by atoms with Gasteiger partial charge in [-0.05, 0) is 25.0 Å². The Hall–Kier alpha value is -1.14. The van der Waals surface area contributed by atoms with Crippen LogP contribution in [0.2, 0.25) is 5.15 Å². The van der Waals surface area contributed by atoms with E-state index in [0.717, 1.165) is 18.5 Å². The molecule has 1 aromatic heterocycles. The quantitative estimate of drug-likeness (QED) is 0.794. The van der Waals surface area contributed by atoms with Crippen molar-refractivity contribution in [2.24, 2.45) is 0 Å². The maximum atomic E-state index is 12.5. The minimum Gasteiger partial charge on any atom is -0.338 e. The summed E-state index contributed by atoms with van der Waals surface area (Å²) in [6.45, 7) is 2.73. The maximum absolute atomic E-state index is 12.5. The average molecular weight is 331 g/mol. The summed E-state index contributed by atoms with van der Waals surface area (Å²) in [6, 6.07) is 3.29. The van der Waals surface area contributed by atoms with Gasteiger partial charge < -0.3 is 4.90 Å². The molecule has 1 fully saturated rings. The van der Waals surface area contributed by atoms with Crippen LogP contribution >= 0.6 is 11.6 Å². The Balaban J connectivity index is 2.19. The van der Waals surface area contributed by atoms with E-state index in [1.54, 1.807) is 17.0 Å². The molecule has 0 saturated carbocycles. The third-order valence-electron chi connectivity index (χ3n) is 3.44. The molecule has 0 atom stereocenters. The zero-order chi connectivity index (χ0) is 15.5. The summed E-state index contributed by atoms with van der Waals surface area (Å²) in [7, 11) is -3.03. The van der Waals surface area contributed by atoms with Crippen LogP contribution in [-0.4, -0.2) is 48.8 Å². The van der Waals surface area contributed by atoms with Crippen molar-refractivity contribution < 1.29 is 13.2 Å². The average Bonchev–Trinajstić information content (AvgIpc) is 2.58. The summed E-state index contributed by atoms with van der Waals surface area (Å²) in [6.07, 6.45) is 2.16. The molecule has 0 unspecified atom stereocenters. The number of carbonyl (C=O) groups is 1. The summed E-state index contributed by atoms with van der Waals surface area (Å²) in [5.74, 6) is 0.00249. The Morgan fingerprint density at radius 2 is 2.10 bits per heavy atom. The molecule has 7 heteroatoms. The predicted octanol–water partition coefficient (Wildman–Crippen LogP) is 1.95. The van der Waals surface area contributed by atoms with E-state index < -0.39 is 9.84 Å². The van der Waals surface area contributed by atoms with Gasteiger partial charge in [0.15, 0.2) is 9.84 Å². The lowest BCUT2D eigenvalue weighted by molar-refractivity contribution is 0.0768. The van der Waals surface area contributed by atoms with Gasteiger partial charge >= 0.3 is 0 Å². The molecule has 0 aromatic carbocycles. The van der Waals surface area contributed by atoms with Gasteiger partial charge in [-0.1, -0.05) is 24.9 Å². The van der Waals surface area contributed by atoms with Crippen LogP contribution in [0, 0.1) is 0 Å². The number of carbonyl (C=O) groups excluding carboxylic acids is 1. The van der Waals surface area contributed by atoms with Gasteiger partial charge in [-0.25, -0.2) is 13.4 Å². The van der Waals surface area contributed by atoms with Crippen molar-refractivity contribution in [2.75, 3.05) is 24.6 Å². The van der Waals surface area contributed by atoms with E-state index in [4.69, 9.17) is 11.6 Å². The van der Waals surface area contributed by atoms with Crippen molar-refractivity contribution in [3.05, 3.63) is 28.5 Å². The van der Waals surface area contributed by atoms with Gasteiger partial charge in [0, 0.05) is 24.3 Å². The van der Waals surface area contributed by atoms with E-state index in [9.17, 15) is 13.2 Å². The van der Waals surface area contributed by atoms with Crippen LogP contribution in [0.4, 0.5) is 0 Å². The second-order valence-electron chi connectivity index (χ2n) is 5.22. The first-order valence-corrected chi connectivity index (χ1v) is 9.27. The largest absolute Gasteiger partial charge is 0.338 e. The predicted molar refractivity (Wildman–Crippen MR) is 82.4 cm³/mol. The van der Waals surface area contributed by atoms with E-state index in [-0.39, 0.29) is 24.0 Å². The lowest BCUT2D eigenvalue weighted by atomic mass is 10.1. The number of aryl methyl sites for hydroxylation is 1. The van der Waals surface area contributed by atoms with Crippen LogP contribution in [0.1, 0.15) is 35.8 Å². The summed E-state index contributed by atoms with van der Waals surface area (Å²) in [4.78, 5) is 18.3. The van der Waals surface area contributed by atoms with Gasteiger partial charge in [-0.15, -0.1) is 0 Å². The third-order valence-corrected chi connectivity index (χ3v) is 5.35. The number of rotatable bonds is 3. The Labute approximate surface area is 130 Å². The molecule has 0 radical (unpaired) electrons. The molecule has 0 bridgehead atoms. The van der Waals surface area contributed by atoms with Gasteiger partial charge in [-0.3, -0.25) is 4.79 Å². The van der Waals surface area contributed by atoms with Crippen LogP contribution in [0.5, 0.6) is 0 Å². The van der Waals surface area contributed by atoms with E-state index >= 15 is 0 Å². The first kappa shape index (κ1) is 16.2. The van der Waals surface area contributed by atoms with Crippen molar-refractivity contribution in [1.29, 1.82) is 0 Å². The molecule has 5 nitrogen and oxygen atoms in total. The number of hydrogen-bond donors (Lipinski definition) is 0. The van der Waals surface area contributed by atoms with Crippen molar-refractivity contribution >= 4 is 27.3 Å². The van der Waals surface area contributed by atoms with Crippen molar-refractivity contribution in [2.45, 2.75) is 26.2 Å². The minimum absolute atomic E-state index is 0.0272. The molecule has 2 rings (SSSR count). The molecule has 0 spiro atoms. The minimum atomic E-state index is -3.03. The van der Waals surface area contributed by atoms with E-state index in [2.05, 4.69) is 4.98 Å². The molecule has 1 amide bonds. The number of amides is 1. The highest BCUT2D eigenvalue weighted by Gasteiger charge is 2.23. The van der Waals surface area contributed by atoms with Gasteiger partial charge in [-0.2, -0.15) is 0 Å². The van der Waals surface area contributed by atoms with Crippen molar-refractivity contribution in [3.8, 4) is 0 Å². The topological polar surface area (TPSA) is 67.3 Å². The van der Waals surface area contributed by atoms with Gasteiger partial charge in [0.2, 0.25) is 0 Å². The fourth-order valence-corrected chi connectivity index (χ4v) is 3.88. The first-order valence-electron chi connectivity index (χ1n) is 7.07. The van der Waals surface area contributed by atoms with Crippen molar-refractivity contribution in [3.63, 3.8) is 0 Å². The highest BCUT2D eigenvalue weighted by Crippen LogP contribution is 2.16. The fourth-order valence-electron chi connectivity index (χ4n) is 2.38.